The Hall–Kier alpha value is -2.33. The van der Waals surface area contributed by atoms with Gasteiger partial charge in [-0.3, -0.25) is 0 Å². The van der Waals surface area contributed by atoms with E-state index in [-0.39, 0.29) is 0 Å². The third-order valence-electron chi connectivity index (χ3n) is 1.97. The molecule has 2 aliphatic rings. The monoisotopic (exact) mass is 220 g/mol. The number of nitrogens with zero attached hydrogens (tertiary/aromatic N) is 4. The van der Waals surface area contributed by atoms with Crippen LogP contribution in [-0.4, -0.2) is 45.4 Å². The molecule has 0 aromatic rings. The highest BCUT2D eigenvalue weighted by atomic mass is 16.8. The van der Waals surface area contributed by atoms with E-state index in [0.717, 1.165) is 0 Å². The Morgan fingerprint density at radius 3 is 1.87 bits per heavy atom. The van der Waals surface area contributed by atoms with Crippen LogP contribution in [0.15, 0.2) is 0 Å². The van der Waals surface area contributed by atoms with Crippen molar-refractivity contribution in [1.82, 2.24) is 10.0 Å². The molecule has 0 radical (unpaired) electrons. The van der Waals surface area contributed by atoms with Crippen LogP contribution in [0, 0.1) is 20.2 Å². The average Bonchev–Trinajstić information content (AvgIpc) is 2.59. The maximum atomic E-state index is 10.6. The molecule has 0 aromatic carbocycles. The van der Waals surface area contributed by atoms with Gasteiger partial charge < -0.3 is 9.47 Å². The molecule has 0 N–H and O–H groups in total. The predicted molar refractivity (Wildman–Crippen MR) is 37.7 cm³/mol. The van der Waals surface area contributed by atoms with Gasteiger partial charge in [0.25, 0.3) is 12.5 Å². The minimum absolute atomic E-state index is 0.415. The van der Waals surface area contributed by atoms with E-state index in [2.05, 4.69) is 9.47 Å². The molecule has 0 spiro atoms. The summed E-state index contributed by atoms with van der Waals surface area (Å²) in [7, 11) is 0. The third kappa shape index (κ3) is 1.24. The number of fused-ring (bicyclic) bond motifs is 1. The lowest BCUT2D eigenvalue weighted by molar-refractivity contribution is -0.699. The molecule has 0 unspecified atom stereocenters. The number of carbonyl (C=O) groups is 1. The Bertz CT molecular complexity index is 314. The van der Waals surface area contributed by atoms with Crippen molar-refractivity contribution >= 4 is 6.16 Å². The van der Waals surface area contributed by atoms with Crippen LogP contribution in [-0.2, 0) is 9.47 Å². The highest BCUT2D eigenvalue weighted by Crippen LogP contribution is 2.28. The van der Waals surface area contributed by atoms with Gasteiger partial charge in [-0.2, -0.15) is 0 Å². The molecule has 2 aliphatic heterocycles. The summed E-state index contributed by atoms with van der Waals surface area (Å²) in [4.78, 5) is 31.6. The second-order valence-electron chi connectivity index (χ2n) is 2.76. The fraction of sp³-hybridized carbons (Fsp3) is 0.750. The number of hydrazine groups is 2. The summed E-state index contributed by atoms with van der Waals surface area (Å²) >= 11 is 0. The lowest BCUT2D eigenvalue weighted by Crippen LogP contribution is -2.38. The molecule has 2 heterocycles. The molecule has 0 saturated carbocycles. The zero-order valence-electron chi connectivity index (χ0n) is 7.01. The van der Waals surface area contributed by atoms with E-state index in [1.54, 1.807) is 0 Å². The summed E-state index contributed by atoms with van der Waals surface area (Å²) in [6.45, 7) is -0.609. The Morgan fingerprint density at radius 1 is 1.13 bits per heavy atom. The van der Waals surface area contributed by atoms with Gasteiger partial charge in [0, 0.05) is 0 Å². The van der Waals surface area contributed by atoms with E-state index in [1.165, 1.54) is 0 Å². The van der Waals surface area contributed by atoms with Crippen molar-refractivity contribution in [1.29, 1.82) is 0 Å². The molecule has 2 atom stereocenters. The summed E-state index contributed by atoms with van der Waals surface area (Å²) in [6, 6.07) is 0. The van der Waals surface area contributed by atoms with Crippen LogP contribution in [0.5, 0.6) is 0 Å². The van der Waals surface area contributed by atoms with Gasteiger partial charge in [0.15, 0.2) is 10.1 Å². The topological polar surface area (TPSA) is 128 Å². The van der Waals surface area contributed by atoms with Crippen LogP contribution in [0.2, 0.25) is 0 Å². The van der Waals surface area contributed by atoms with Crippen LogP contribution < -0.4 is 0 Å². The lowest BCUT2D eigenvalue weighted by atomic mass is 10.5. The first-order valence-electron chi connectivity index (χ1n) is 3.70. The molecule has 0 aromatic heterocycles. The zero-order valence-corrected chi connectivity index (χ0v) is 7.01. The van der Waals surface area contributed by atoms with Gasteiger partial charge in [-0.15, -0.1) is 0 Å². The second kappa shape index (κ2) is 2.83. The van der Waals surface area contributed by atoms with Gasteiger partial charge >= 0.3 is 6.16 Å². The van der Waals surface area contributed by atoms with Gasteiger partial charge in [0.1, 0.15) is 0 Å². The molecule has 0 bridgehead atoms. The molecule has 2 rings (SSSR count). The van der Waals surface area contributed by atoms with Crippen LogP contribution in [0.1, 0.15) is 0 Å². The highest BCUT2D eigenvalue weighted by Gasteiger charge is 2.60. The number of carbonyl (C=O) groups excluding carboxylic acids is 1. The predicted octanol–water partition coefficient (Wildman–Crippen LogP) is -1.24. The van der Waals surface area contributed by atoms with Crippen LogP contribution >= 0.6 is 0 Å². The molecule has 0 aliphatic carbocycles. The summed E-state index contributed by atoms with van der Waals surface area (Å²) in [5.41, 5.74) is 0. The maximum absolute atomic E-state index is 10.6. The second-order valence-corrected chi connectivity index (χ2v) is 2.76. The lowest BCUT2D eigenvalue weighted by Gasteiger charge is -2.08. The van der Waals surface area contributed by atoms with E-state index in [9.17, 15) is 25.0 Å². The highest BCUT2D eigenvalue weighted by molar-refractivity contribution is 5.62. The Balaban J connectivity index is 2.24. The summed E-state index contributed by atoms with van der Waals surface area (Å²) in [5, 5.41) is 20.0. The first-order valence-corrected chi connectivity index (χ1v) is 3.70. The van der Waals surface area contributed by atoms with Crippen molar-refractivity contribution in [3.05, 3.63) is 20.2 Å². The largest absolute Gasteiger partial charge is 0.512 e. The van der Waals surface area contributed by atoms with Crippen molar-refractivity contribution in [3.63, 3.8) is 0 Å². The SMILES string of the molecule is O=C1O[C@@H]2[C@H](O1)N([N+](=O)[O-])CN2[N+](=O)[O-]. The number of nitro groups is 2. The third-order valence-corrected chi connectivity index (χ3v) is 1.97. The zero-order chi connectivity index (χ0) is 11.2. The van der Waals surface area contributed by atoms with Gasteiger partial charge in [-0.1, -0.05) is 10.0 Å². The van der Waals surface area contributed by atoms with Gasteiger partial charge in [-0.05, 0) is 0 Å². The van der Waals surface area contributed by atoms with Crippen molar-refractivity contribution in [2.45, 2.75) is 12.5 Å². The number of rotatable bonds is 2. The fourth-order valence-corrected chi connectivity index (χ4v) is 1.36. The Kier molecular flexibility index (Phi) is 1.74. The van der Waals surface area contributed by atoms with Gasteiger partial charge in [0.2, 0.25) is 6.67 Å². The van der Waals surface area contributed by atoms with Gasteiger partial charge in [-0.25, -0.2) is 25.0 Å². The first kappa shape index (κ1) is 9.23. The van der Waals surface area contributed by atoms with Crippen LogP contribution in [0.25, 0.3) is 0 Å². The minimum atomic E-state index is -1.38. The van der Waals surface area contributed by atoms with E-state index < -0.39 is 35.3 Å². The van der Waals surface area contributed by atoms with Gasteiger partial charge in [0.05, 0.1) is 0 Å². The molecule has 0 amide bonds. The molecule has 11 nitrogen and oxygen atoms in total. The van der Waals surface area contributed by atoms with E-state index in [4.69, 9.17) is 0 Å². The van der Waals surface area contributed by atoms with Crippen molar-refractivity contribution in [3.8, 4) is 0 Å². The number of hydrogen-bond donors (Lipinski definition) is 0. The quantitative estimate of drug-likeness (QED) is 0.318. The van der Waals surface area contributed by atoms with Crippen molar-refractivity contribution in [2.24, 2.45) is 0 Å². The summed E-state index contributed by atoms with van der Waals surface area (Å²) in [6.07, 6.45) is -3.92. The Labute approximate surface area is 81.0 Å². The van der Waals surface area contributed by atoms with E-state index >= 15 is 0 Å². The summed E-state index contributed by atoms with van der Waals surface area (Å²) in [5.74, 6) is 0. The number of ether oxygens (including phenoxy) is 2. The summed E-state index contributed by atoms with van der Waals surface area (Å²) < 4.78 is 8.83. The molecule has 82 valence electrons. The molecule has 11 heteroatoms. The fourth-order valence-electron chi connectivity index (χ4n) is 1.36. The van der Waals surface area contributed by atoms with Crippen LogP contribution in [0.3, 0.4) is 0 Å². The molecule has 2 saturated heterocycles. The normalized spacial score (nSPS) is 28.4. The number of hydrogen-bond acceptors (Lipinski definition) is 7. The Morgan fingerprint density at radius 2 is 1.53 bits per heavy atom. The first-order chi connectivity index (χ1) is 7.00. The smallest absolute Gasteiger partial charge is 0.398 e. The minimum Gasteiger partial charge on any atom is -0.398 e. The molecular formula is C4H4N4O7. The van der Waals surface area contributed by atoms with Crippen molar-refractivity contribution < 1.29 is 24.3 Å². The molecule has 2 fully saturated rings. The molecular weight excluding hydrogens is 216 g/mol. The van der Waals surface area contributed by atoms with Crippen LogP contribution in [0.4, 0.5) is 4.79 Å². The standard InChI is InChI=1S/C4H4N4O7/c9-4-14-2-3(15-4)6(8(12)13)1-5(2)7(10)11/h2-3H,1H2/t2-,3+. The van der Waals surface area contributed by atoms with E-state index in [1.807, 2.05) is 0 Å². The molecule has 15 heavy (non-hydrogen) atoms. The van der Waals surface area contributed by atoms with Crippen molar-refractivity contribution in [2.75, 3.05) is 6.67 Å². The average molecular weight is 220 g/mol. The maximum Gasteiger partial charge on any atom is 0.512 e. The van der Waals surface area contributed by atoms with E-state index in [0.29, 0.717) is 10.0 Å².